The molecule has 23 heavy (non-hydrogen) atoms. The first-order chi connectivity index (χ1) is 10.8. The van der Waals surface area contributed by atoms with Crippen molar-refractivity contribution in [1.82, 2.24) is 9.55 Å². The predicted octanol–water partition coefficient (Wildman–Crippen LogP) is 0.243. The molecule has 10 nitrogen and oxygen atoms in total. The van der Waals surface area contributed by atoms with Crippen LogP contribution in [0.1, 0.15) is 10.4 Å². The summed E-state index contributed by atoms with van der Waals surface area (Å²) in [6, 6.07) is 3.64. The summed E-state index contributed by atoms with van der Waals surface area (Å²) in [5.41, 5.74) is -2.01. The van der Waals surface area contributed by atoms with Gasteiger partial charge in [0.1, 0.15) is 11.3 Å². The quantitative estimate of drug-likeness (QED) is 0.611. The fourth-order valence-corrected chi connectivity index (χ4v) is 1.82. The summed E-state index contributed by atoms with van der Waals surface area (Å²) < 4.78 is 5.75. The van der Waals surface area contributed by atoms with Crippen LogP contribution in [0.3, 0.4) is 0 Å². The zero-order valence-electron chi connectivity index (χ0n) is 12.2. The number of benzene rings is 1. The summed E-state index contributed by atoms with van der Waals surface area (Å²) in [6.45, 7) is 0. The fourth-order valence-electron chi connectivity index (χ4n) is 1.82. The van der Waals surface area contributed by atoms with Crippen molar-refractivity contribution in [2.24, 2.45) is 7.05 Å². The number of aromatic nitrogens is 2. The molecular weight excluding hydrogens is 308 g/mol. The molecule has 0 bridgehead atoms. The number of carbonyl (C=O) groups excluding carboxylic acids is 1. The number of non-ortho nitro benzene ring substituents is 1. The Labute approximate surface area is 128 Å². The van der Waals surface area contributed by atoms with Crippen molar-refractivity contribution in [3.63, 3.8) is 0 Å². The maximum atomic E-state index is 12.2. The topological polar surface area (TPSA) is 136 Å². The third kappa shape index (κ3) is 3.10. The van der Waals surface area contributed by atoms with Crippen molar-refractivity contribution in [3.05, 3.63) is 60.9 Å². The van der Waals surface area contributed by atoms with Crippen LogP contribution in [0.15, 0.2) is 34.0 Å². The minimum Gasteiger partial charge on any atom is -0.495 e. The summed E-state index contributed by atoms with van der Waals surface area (Å²) in [5, 5.41) is 13.2. The highest BCUT2D eigenvalue weighted by atomic mass is 16.6. The molecule has 0 radical (unpaired) electrons. The number of nitrogens with zero attached hydrogens (tertiary/aromatic N) is 2. The molecule has 1 aromatic carbocycles. The van der Waals surface area contributed by atoms with Crippen LogP contribution in [0.25, 0.3) is 0 Å². The largest absolute Gasteiger partial charge is 0.495 e. The highest BCUT2D eigenvalue weighted by molar-refractivity contribution is 6.04. The van der Waals surface area contributed by atoms with Crippen LogP contribution in [-0.2, 0) is 7.05 Å². The third-order valence-corrected chi connectivity index (χ3v) is 3.07. The first-order valence-corrected chi connectivity index (χ1v) is 6.27. The van der Waals surface area contributed by atoms with Gasteiger partial charge in [0.2, 0.25) is 0 Å². The van der Waals surface area contributed by atoms with Crippen LogP contribution in [0.5, 0.6) is 5.75 Å². The highest BCUT2D eigenvalue weighted by Crippen LogP contribution is 2.29. The van der Waals surface area contributed by atoms with E-state index >= 15 is 0 Å². The summed E-state index contributed by atoms with van der Waals surface area (Å²) in [5.74, 6) is -0.647. The normalized spacial score (nSPS) is 10.2. The number of nitro groups is 1. The number of nitrogens with one attached hydrogen (secondary N) is 2. The van der Waals surface area contributed by atoms with Gasteiger partial charge >= 0.3 is 5.69 Å². The van der Waals surface area contributed by atoms with Crippen molar-refractivity contribution in [2.75, 3.05) is 12.4 Å². The lowest BCUT2D eigenvalue weighted by Crippen LogP contribution is -2.37. The van der Waals surface area contributed by atoms with Gasteiger partial charge in [-0.05, 0) is 6.07 Å². The van der Waals surface area contributed by atoms with Crippen LogP contribution in [-0.4, -0.2) is 27.5 Å². The Morgan fingerprint density at radius 2 is 2.09 bits per heavy atom. The lowest BCUT2D eigenvalue weighted by atomic mass is 10.2. The van der Waals surface area contributed by atoms with Crippen molar-refractivity contribution in [3.8, 4) is 5.75 Å². The van der Waals surface area contributed by atoms with Gasteiger partial charge in [-0.15, -0.1) is 0 Å². The number of ether oxygens (including phenoxy) is 1. The Morgan fingerprint density at radius 1 is 1.39 bits per heavy atom. The molecule has 1 amide bonds. The van der Waals surface area contributed by atoms with Crippen molar-refractivity contribution in [2.45, 2.75) is 0 Å². The van der Waals surface area contributed by atoms with Gasteiger partial charge in [-0.1, -0.05) is 0 Å². The molecule has 2 aromatic rings. The molecule has 0 fully saturated rings. The van der Waals surface area contributed by atoms with Gasteiger partial charge in [0.25, 0.3) is 17.2 Å². The van der Waals surface area contributed by atoms with E-state index in [1.54, 1.807) is 0 Å². The van der Waals surface area contributed by atoms with Crippen LogP contribution >= 0.6 is 0 Å². The number of hydrogen-bond donors (Lipinski definition) is 2. The van der Waals surface area contributed by atoms with Crippen molar-refractivity contribution in [1.29, 1.82) is 0 Å². The number of anilines is 1. The third-order valence-electron chi connectivity index (χ3n) is 3.07. The molecule has 0 spiro atoms. The average molecular weight is 320 g/mol. The fraction of sp³-hybridized carbons (Fsp3) is 0.154. The standard InChI is InChI=1S/C13H12N4O6/c1-16-12(19)8(6-14-13(16)20)11(18)15-9-5-7(17(21)22)3-4-10(9)23-2/h3-6H,1-2H3,(H,14,20)(H,15,18). The first-order valence-electron chi connectivity index (χ1n) is 6.27. The number of methoxy groups -OCH3 is 1. The monoisotopic (exact) mass is 320 g/mol. The van der Waals surface area contributed by atoms with Crippen molar-refractivity contribution < 1.29 is 14.5 Å². The lowest BCUT2D eigenvalue weighted by Gasteiger charge is -2.10. The minimum atomic E-state index is -0.833. The molecule has 0 aliphatic carbocycles. The summed E-state index contributed by atoms with van der Waals surface area (Å²) in [4.78, 5) is 47.8. The van der Waals surface area contributed by atoms with Crippen LogP contribution in [0, 0.1) is 10.1 Å². The molecule has 1 aromatic heterocycles. The van der Waals surface area contributed by atoms with E-state index in [1.165, 1.54) is 26.3 Å². The Kier molecular flexibility index (Phi) is 4.25. The number of hydrogen-bond acceptors (Lipinski definition) is 6. The number of H-pyrrole nitrogens is 1. The van der Waals surface area contributed by atoms with Gasteiger partial charge in [-0.25, -0.2) is 4.79 Å². The smallest absolute Gasteiger partial charge is 0.328 e. The molecule has 0 saturated carbocycles. The second-order valence-corrected chi connectivity index (χ2v) is 4.47. The van der Waals surface area contributed by atoms with Gasteiger partial charge < -0.3 is 15.0 Å². The van der Waals surface area contributed by atoms with E-state index in [-0.39, 0.29) is 22.7 Å². The van der Waals surface area contributed by atoms with Gasteiger partial charge in [0.15, 0.2) is 0 Å². The Morgan fingerprint density at radius 3 is 2.70 bits per heavy atom. The molecule has 1 heterocycles. The molecule has 0 atom stereocenters. The summed E-state index contributed by atoms with van der Waals surface area (Å²) in [7, 11) is 2.54. The Balaban J connectivity index is 2.43. The van der Waals surface area contributed by atoms with E-state index in [1.807, 2.05) is 0 Å². The predicted molar refractivity (Wildman–Crippen MR) is 79.9 cm³/mol. The number of carbonyl (C=O) groups is 1. The van der Waals surface area contributed by atoms with E-state index in [9.17, 15) is 24.5 Å². The van der Waals surface area contributed by atoms with E-state index in [2.05, 4.69) is 10.3 Å². The molecule has 0 saturated heterocycles. The zero-order chi connectivity index (χ0) is 17.1. The molecule has 2 rings (SSSR count). The summed E-state index contributed by atoms with van der Waals surface area (Å²) in [6.07, 6.45) is 0.976. The van der Waals surface area contributed by atoms with Crippen molar-refractivity contribution >= 4 is 17.3 Å². The molecule has 0 aliphatic rings. The second kappa shape index (κ2) is 6.13. The summed E-state index contributed by atoms with van der Waals surface area (Å²) >= 11 is 0. The number of nitro benzene ring substituents is 1. The first kappa shape index (κ1) is 15.9. The molecule has 10 heteroatoms. The molecular formula is C13H12N4O6. The van der Waals surface area contributed by atoms with Gasteiger partial charge in [0, 0.05) is 25.4 Å². The minimum absolute atomic E-state index is 0.0277. The number of aromatic amines is 1. The van der Waals surface area contributed by atoms with Crippen LogP contribution in [0.2, 0.25) is 0 Å². The van der Waals surface area contributed by atoms with Crippen LogP contribution in [0.4, 0.5) is 11.4 Å². The SMILES string of the molecule is COc1ccc([N+](=O)[O-])cc1NC(=O)c1c[nH]c(=O)n(C)c1=O. The van der Waals surface area contributed by atoms with Gasteiger partial charge in [-0.2, -0.15) is 0 Å². The molecule has 2 N–H and O–H groups in total. The van der Waals surface area contributed by atoms with Crippen LogP contribution < -0.4 is 21.3 Å². The van der Waals surface area contributed by atoms with Gasteiger partial charge in [-0.3, -0.25) is 24.3 Å². The Bertz CT molecular complexity index is 898. The maximum Gasteiger partial charge on any atom is 0.328 e. The second-order valence-electron chi connectivity index (χ2n) is 4.47. The van der Waals surface area contributed by atoms with E-state index in [0.29, 0.717) is 0 Å². The lowest BCUT2D eigenvalue weighted by molar-refractivity contribution is -0.384. The molecule has 0 aliphatic heterocycles. The molecule has 0 unspecified atom stereocenters. The zero-order valence-corrected chi connectivity index (χ0v) is 12.2. The average Bonchev–Trinajstić information content (AvgIpc) is 2.52. The Hall–Kier alpha value is -3.43. The number of amides is 1. The van der Waals surface area contributed by atoms with E-state index in [0.717, 1.165) is 16.8 Å². The highest BCUT2D eigenvalue weighted by Gasteiger charge is 2.17. The van der Waals surface area contributed by atoms with E-state index < -0.39 is 22.1 Å². The van der Waals surface area contributed by atoms with E-state index in [4.69, 9.17) is 4.74 Å². The number of rotatable bonds is 4. The maximum absolute atomic E-state index is 12.2. The van der Waals surface area contributed by atoms with Gasteiger partial charge in [0.05, 0.1) is 17.7 Å². The molecule has 120 valence electrons.